The normalized spacial score (nSPS) is 20.5. The number of nitrogens with zero attached hydrogens (tertiary/aromatic N) is 1. The molecule has 1 saturated heterocycles. The van der Waals surface area contributed by atoms with Crippen LogP contribution in [-0.4, -0.2) is 27.5 Å². The van der Waals surface area contributed by atoms with Gasteiger partial charge in [-0.15, -0.1) is 11.3 Å². The van der Waals surface area contributed by atoms with E-state index in [1.807, 2.05) is 34.0 Å². The number of carbonyl (C=O) groups is 1. The molecule has 0 spiro atoms. The second-order valence-electron chi connectivity index (χ2n) is 6.73. The Balaban J connectivity index is 1.65. The molecule has 2 aromatic rings. The first-order chi connectivity index (χ1) is 12.6. The highest BCUT2D eigenvalue weighted by Gasteiger charge is 2.30. The Morgan fingerprint density at radius 3 is 2.85 bits per heavy atom. The van der Waals surface area contributed by atoms with Crippen molar-refractivity contribution in [3.63, 3.8) is 0 Å². The van der Waals surface area contributed by atoms with Gasteiger partial charge in [0, 0.05) is 13.1 Å². The van der Waals surface area contributed by atoms with E-state index in [1.54, 1.807) is 0 Å². The summed E-state index contributed by atoms with van der Waals surface area (Å²) in [6, 6.07) is 12.0. The summed E-state index contributed by atoms with van der Waals surface area (Å²) < 4.78 is 15.5. The third-order valence-electron chi connectivity index (χ3n) is 4.95. The van der Waals surface area contributed by atoms with Gasteiger partial charge in [-0.1, -0.05) is 37.3 Å². The number of piperidine rings is 1. The highest BCUT2D eigenvalue weighted by Crippen LogP contribution is 2.25. The molecular weight excluding hydrogens is 364 g/mol. The zero-order valence-electron chi connectivity index (χ0n) is 15.3. The lowest BCUT2D eigenvalue weighted by molar-refractivity contribution is -0.126. The minimum atomic E-state index is -1.16. The molecule has 4 nitrogen and oxygen atoms in total. The van der Waals surface area contributed by atoms with Crippen LogP contribution in [0.2, 0.25) is 0 Å². The maximum Gasteiger partial charge on any atom is 0.224 e. The summed E-state index contributed by atoms with van der Waals surface area (Å²) in [6.07, 6.45) is 2.61. The minimum absolute atomic E-state index is 0.0295. The summed E-state index contributed by atoms with van der Waals surface area (Å²) in [6.45, 7) is 5.51. The number of nitrogens with one attached hydrogen (secondary N) is 1. The second-order valence-corrected chi connectivity index (χ2v) is 9.40. The van der Waals surface area contributed by atoms with Crippen LogP contribution >= 0.6 is 11.3 Å². The van der Waals surface area contributed by atoms with Crippen molar-refractivity contribution in [3.8, 4) is 0 Å². The van der Waals surface area contributed by atoms with Gasteiger partial charge < -0.3 is 5.32 Å². The number of carbonyl (C=O) groups excluding carboxylic acids is 1. The molecule has 3 unspecified atom stereocenters. The monoisotopic (exact) mass is 390 g/mol. The Hall–Kier alpha value is -1.50. The SMILES string of the molecule is CCC(NC(=O)C1CCCN(S(=O)c2cccs2)C1)c1ccccc1C. The van der Waals surface area contributed by atoms with Gasteiger partial charge >= 0.3 is 0 Å². The molecule has 2 heterocycles. The van der Waals surface area contributed by atoms with Crippen molar-refractivity contribution in [2.24, 2.45) is 5.92 Å². The molecule has 1 fully saturated rings. The van der Waals surface area contributed by atoms with Gasteiger partial charge in [-0.2, -0.15) is 0 Å². The highest BCUT2D eigenvalue weighted by molar-refractivity contribution is 7.85. The summed E-state index contributed by atoms with van der Waals surface area (Å²) in [5.74, 6) is -0.0290. The third kappa shape index (κ3) is 4.42. The predicted molar refractivity (Wildman–Crippen MR) is 107 cm³/mol. The number of thiophene rings is 1. The molecule has 26 heavy (non-hydrogen) atoms. The summed E-state index contributed by atoms with van der Waals surface area (Å²) in [4.78, 5) is 12.9. The molecule has 0 bridgehead atoms. The number of hydrogen-bond donors (Lipinski definition) is 1. The zero-order valence-corrected chi connectivity index (χ0v) is 16.9. The lowest BCUT2D eigenvalue weighted by Crippen LogP contribution is -2.44. The summed E-state index contributed by atoms with van der Waals surface area (Å²) in [5, 5.41) is 5.17. The lowest BCUT2D eigenvalue weighted by Gasteiger charge is -2.31. The average molecular weight is 391 g/mol. The molecular formula is C20H26N2O2S2. The average Bonchev–Trinajstić information content (AvgIpc) is 3.21. The van der Waals surface area contributed by atoms with Crippen LogP contribution in [0.5, 0.6) is 0 Å². The van der Waals surface area contributed by atoms with Gasteiger partial charge in [0.25, 0.3) is 0 Å². The molecule has 3 atom stereocenters. The second kappa shape index (κ2) is 8.93. The number of rotatable bonds is 6. The topological polar surface area (TPSA) is 49.4 Å². The van der Waals surface area contributed by atoms with Gasteiger partial charge in [0.05, 0.1) is 12.0 Å². The van der Waals surface area contributed by atoms with Crippen LogP contribution in [0.15, 0.2) is 46.0 Å². The molecule has 0 radical (unpaired) electrons. The number of hydrogen-bond acceptors (Lipinski definition) is 3. The fourth-order valence-electron chi connectivity index (χ4n) is 3.46. The Morgan fingerprint density at radius 2 is 2.15 bits per heavy atom. The highest BCUT2D eigenvalue weighted by atomic mass is 32.2. The van der Waals surface area contributed by atoms with Crippen LogP contribution in [0, 0.1) is 12.8 Å². The first-order valence-electron chi connectivity index (χ1n) is 9.16. The van der Waals surface area contributed by atoms with Crippen molar-refractivity contribution < 1.29 is 9.00 Å². The van der Waals surface area contributed by atoms with Crippen molar-refractivity contribution in [1.82, 2.24) is 9.62 Å². The van der Waals surface area contributed by atoms with Gasteiger partial charge in [0.1, 0.15) is 15.2 Å². The van der Waals surface area contributed by atoms with Crippen LogP contribution in [-0.2, 0) is 15.8 Å². The van der Waals surface area contributed by atoms with E-state index in [1.165, 1.54) is 22.5 Å². The number of benzene rings is 1. The molecule has 1 amide bonds. The van der Waals surface area contributed by atoms with E-state index < -0.39 is 11.0 Å². The van der Waals surface area contributed by atoms with E-state index in [0.717, 1.165) is 30.0 Å². The molecule has 0 aliphatic carbocycles. The van der Waals surface area contributed by atoms with Crippen LogP contribution in [0.4, 0.5) is 0 Å². The van der Waals surface area contributed by atoms with E-state index in [0.29, 0.717) is 6.54 Å². The van der Waals surface area contributed by atoms with Gasteiger partial charge in [-0.25, -0.2) is 8.51 Å². The van der Waals surface area contributed by atoms with E-state index in [4.69, 9.17) is 0 Å². The largest absolute Gasteiger partial charge is 0.349 e. The Bertz CT molecular complexity index is 761. The van der Waals surface area contributed by atoms with E-state index in [2.05, 4.69) is 31.3 Å². The summed E-state index contributed by atoms with van der Waals surface area (Å²) >= 11 is 1.51. The fourth-order valence-corrected chi connectivity index (χ4v) is 5.78. The van der Waals surface area contributed by atoms with Crippen LogP contribution < -0.4 is 5.32 Å². The van der Waals surface area contributed by atoms with E-state index >= 15 is 0 Å². The first kappa shape index (κ1) is 19.3. The summed E-state index contributed by atoms with van der Waals surface area (Å²) in [7, 11) is -1.16. The maximum absolute atomic E-state index is 12.9. The number of amides is 1. The predicted octanol–water partition coefficient (Wildman–Crippen LogP) is 4.06. The van der Waals surface area contributed by atoms with Gasteiger partial charge in [0.15, 0.2) is 0 Å². The smallest absolute Gasteiger partial charge is 0.224 e. The molecule has 1 aliphatic rings. The van der Waals surface area contributed by atoms with Crippen LogP contribution in [0.25, 0.3) is 0 Å². The Kier molecular flexibility index (Phi) is 6.62. The molecule has 1 aliphatic heterocycles. The minimum Gasteiger partial charge on any atom is -0.349 e. The molecule has 1 N–H and O–H groups in total. The van der Waals surface area contributed by atoms with Gasteiger partial charge in [-0.3, -0.25) is 4.79 Å². The van der Waals surface area contributed by atoms with Crippen molar-refractivity contribution in [2.75, 3.05) is 13.1 Å². The molecule has 0 saturated carbocycles. The third-order valence-corrected chi connectivity index (χ3v) is 7.60. The fraction of sp³-hybridized carbons (Fsp3) is 0.450. The lowest BCUT2D eigenvalue weighted by atomic mass is 9.95. The quantitative estimate of drug-likeness (QED) is 0.809. The molecule has 140 valence electrons. The van der Waals surface area contributed by atoms with Crippen molar-refractivity contribution >= 4 is 28.2 Å². The van der Waals surface area contributed by atoms with Crippen LogP contribution in [0.1, 0.15) is 43.4 Å². The molecule has 1 aromatic heterocycles. The van der Waals surface area contributed by atoms with Gasteiger partial charge in [-0.05, 0) is 48.8 Å². The molecule has 6 heteroatoms. The van der Waals surface area contributed by atoms with Crippen LogP contribution in [0.3, 0.4) is 0 Å². The molecule has 1 aromatic carbocycles. The van der Waals surface area contributed by atoms with Crippen molar-refractivity contribution in [2.45, 2.75) is 43.4 Å². The van der Waals surface area contributed by atoms with E-state index in [9.17, 15) is 9.00 Å². The maximum atomic E-state index is 12.9. The Labute approximate surface area is 162 Å². The first-order valence-corrected chi connectivity index (χ1v) is 11.1. The number of aryl methyl sites for hydroxylation is 1. The zero-order chi connectivity index (χ0) is 18.5. The molecule has 3 rings (SSSR count). The van der Waals surface area contributed by atoms with Crippen molar-refractivity contribution in [3.05, 3.63) is 52.9 Å². The summed E-state index contributed by atoms with van der Waals surface area (Å²) in [5.41, 5.74) is 2.38. The van der Waals surface area contributed by atoms with Gasteiger partial charge in [0.2, 0.25) is 5.91 Å². The van der Waals surface area contributed by atoms with E-state index in [-0.39, 0.29) is 17.9 Å². The standard InChI is InChI=1S/C20H26N2O2S2/c1-3-18(17-10-5-4-8-15(17)2)21-20(23)16-9-6-12-22(14-16)26(24)19-11-7-13-25-19/h4-5,7-8,10-11,13,16,18H,3,6,9,12,14H2,1-2H3,(H,21,23). The van der Waals surface area contributed by atoms with Crippen molar-refractivity contribution in [1.29, 1.82) is 0 Å². The Morgan fingerprint density at radius 1 is 1.35 bits per heavy atom.